The number of carbonyl (C=O) groups is 1. The van der Waals surface area contributed by atoms with Crippen LogP contribution in [0.5, 0.6) is 0 Å². The second-order valence-corrected chi connectivity index (χ2v) is 4.02. The van der Waals surface area contributed by atoms with Gasteiger partial charge < -0.3 is 16.2 Å². The van der Waals surface area contributed by atoms with Crippen molar-refractivity contribution >= 4 is 17.3 Å². The summed E-state index contributed by atoms with van der Waals surface area (Å²) in [5, 5.41) is 22.5. The molecule has 1 amide bonds. The monoisotopic (exact) mass is 253 g/mol. The summed E-state index contributed by atoms with van der Waals surface area (Å²) in [6.07, 6.45) is 0. The van der Waals surface area contributed by atoms with Gasteiger partial charge in [0, 0.05) is 24.8 Å². The van der Waals surface area contributed by atoms with Gasteiger partial charge in [-0.3, -0.25) is 14.9 Å². The fourth-order valence-corrected chi connectivity index (χ4v) is 1.34. The molecule has 0 bridgehead atoms. The zero-order valence-electron chi connectivity index (χ0n) is 9.92. The number of nitrogens with two attached hydrogens (primary N) is 1. The van der Waals surface area contributed by atoms with Crippen molar-refractivity contribution in [2.45, 2.75) is 6.92 Å². The van der Waals surface area contributed by atoms with Crippen LogP contribution in [0.3, 0.4) is 0 Å². The summed E-state index contributed by atoms with van der Waals surface area (Å²) in [6.45, 7) is 2.12. The molecule has 0 fully saturated rings. The van der Waals surface area contributed by atoms with Gasteiger partial charge in [0.2, 0.25) is 5.91 Å². The lowest BCUT2D eigenvalue weighted by Crippen LogP contribution is -2.16. The summed E-state index contributed by atoms with van der Waals surface area (Å²) in [5.74, 6) is -0.704. The maximum absolute atomic E-state index is 11.0. The van der Waals surface area contributed by atoms with Crippen LogP contribution in [0.25, 0.3) is 0 Å². The van der Waals surface area contributed by atoms with E-state index in [1.54, 1.807) is 6.92 Å². The third-order valence-electron chi connectivity index (χ3n) is 2.43. The lowest BCUT2D eigenvalue weighted by Gasteiger charge is -2.11. The predicted octanol–water partition coefficient (Wildman–Crippen LogP) is 0.734. The number of anilines is 1. The first-order chi connectivity index (χ1) is 8.45. The summed E-state index contributed by atoms with van der Waals surface area (Å²) in [6, 6.07) is 3.87. The van der Waals surface area contributed by atoms with Gasteiger partial charge in [-0.15, -0.1) is 0 Å². The first-order valence-electron chi connectivity index (χ1n) is 5.38. The van der Waals surface area contributed by atoms with Crippen LogP contribution in [0.2, 0.25) is 0 Å². The van der Waals surface area contributed by atoms with Gasteiger partial charge in [0.15, 0.2) is 0 Å². The molecule has 1 unspecified atom stereocenters. The molecule has 0 saturated heterocycles. The van der Waals surface area contributed by atoms with Crippen molar-refractivity contribution in [2.75, 3.05) is 18.5 Å². The molecule has 0 heterocycles. The van der Waals surface area contributed by atoms with E-state index in [-0.39, 0.29) is 29.5 Å². The van der Waals surface area contributed by atoms with Gasteiger partial charge in [-0.25, -0.2) is 0 Å². The van der Waals surface area contributed by atoms with E-state index >= 15 is 0 Å². The lowest BCUT2D eigenvalue weighted by molar-refractivity contribution is -0.384. The van der Waals surface area contributed by atoms with Crippen molar-refractivity contribution in [3.05, 3.63) is 33.9 Å². The molecule has 0 aromatic heterocycles. The van der Waals surface area contributed by atoms with E-state index in [4.69, 9.17) is 10.8 Å². The normalized spacial score (nSPS) is 11.9. The standard InChI is InChI=1S/C11H15N3O4/c1-7(6-15)5-13-9-4-8(11(12)16)2-3-10(9)14(17)18/h2-4,7,13,15H,5-6H2,1H3,(H2,12,16). The SMILES string of the molecule is CC(CO)CNc1cc(C(N)=O)ccc1[N+](=O)[O-]. The Bertz CT molecular complexity index is 462. The molecule has 1 rings (SSSR count). The van der Waals surface area contributed by atoms with Gasteiger partial charge in [0.05, 0.1) is 4.92 Å². The largest absolute Gasteiger partial charge is 0.396 e. The van der Waals surface area contributed by atoms with Crippen molar-refractivity contribution in [3.63, 3.8) is 0 Å². The van der Waals surface area contributed by atoms with E-state index in [1.807, 2.05) is 0 Å². The number of aliphatic hydroxyl groups excluding tert-OH is 1. The summed E-state index contributed by atoms with van der Waals surface area (Å²) in [4.78, 5) is 21.3. The number of nitro groups is 1. The van der Waals surface area contributed by atoms with Crippen LogP contribution in [0.1, 0.15) is 17.3 Å². The minimum Gasteiger partial charge on any atom is -0.396 e. The Labute approximate surface area is 104 Å². The second kappa shape index (κ2) is 5.97. The summed E-state index contributed by atoms with van der Waals surface area (Å²) in [7, 11) is 0. The Morgan fingerprint density at radius 3 is 2.78 bits per heavy atom. The number of nitrogens with one attached hydrogen (secondary N) is 1. The quantitative estimate of drug-likeness (QED) is 0.510. The molecule has 98 valence electrons. The molecule has 0 spiro atoms. The highest BCUT2D eigenvalue weighted by molar-refractivity contribution is 5.94. The van der Waals surface area contributed by atoms with Crippen molar-refractivity contribution < 1.29 is 14.8 Å². The van der Waals surface area contributed by atoms with Crippen molar-refractivity contribution in [1.29, 1.82) is 0 Å². The van der Waals surface area contributed by atoms with E-state index in [9.17, 15) is 14.9 Å². The molecule has 0 saturated carbocycles. The van der Waals surface area contributed by atoms with E-state index in [1.165, 1.54) is 18.2 Å². The summed E-state index contributed by atoms with van der Waals surface area (Å²) >= 11 is 0. The third kappa shape index (κ3) is 3.42. The zero-order chi connectivity index (χ0) is 13.7. The highest BCUT2D eigenvalue weighted by Gasteiger charge is 2.16. The number of aliphatic hydroxyl groups is 1. The maximum atomic E-state index is 11.0. The van der Waals surface area contributed by atoms with Crippen LogP contribution in [0.15, 0.2) is 18.2 Å². The van der Waals surface area contributed by atoms with Gasteiger partial charge in [-0.05, 0) is 18.1 Å². The molecule has 1 aromatic carbocycles. The van der Waals surface area contributed by atoms with E-state index in [0.29, 0.717) is 6.54 Å². The van der Waals surface area contributed by atoms with Crippen LogP contribution in [-0.2, 0) is 0 Å². The Morgan fingerprint density at radius 1 is 1.61 bits per heavy atom. The number of benzene rings is 1. The highest BCUT2D eigenvalue weighted by atomic mass is 16.6. The molecule has 4 N–H and O–H groups in total. The minimum atomic E-state index is -0.650. The average molecular weight is 253 g/mol. The van der Waals surface area contributed by atoms with E-state index < -0.39 is 10.8 Å². The molecule has 0 radical (unpaired) electrons. The second-order valence-electron chi connectivity index (χ2n) is 4.02. The van der Waals surface area contributed by atoms with Gasteiger partial charge in [-0.1, -0.05) is 6.92 Å². The first-order valence-corrected chi connectivity index (χ1v) is 5.38. The zero-order valence-corrected chi connectivity index (χ0v) is 9.92. The molecule has 0 aliphatic carbocycles. The molecule has 7 heteroatoms. The smallest absolute Gasteiger partial charge is 0.292 e. The summed E-state index contributed by atoms with van der Waals surface area (Å²) in [5.41, 5.74) is 5.39. The van der Waals surface area contributed by atoms with Gasteiger partial charge in [0.25, 0.3) is 5.69 Å². The number of nitro benzene ring substituents is 1. The number of carbonyl (C=O) groups excluding carboxylic acids is 1. The molecule has 1 atom stereocenters. The predicted molar refractivity (Wildman–Crippen MR) is 66.4 cm³/mol. The molecule has 1 aromatic rings. The molecular formula is C11H15N3O4. The minimum absolute atomic E-state index is 0.0314. The molecule has 0 aliphatic rings. The molecular weight excluding hydrogens is 238 g/mol. The van der Waals surface area contributed by atoms with Crippen molar-refractivity contribution in [2.24, 2.45) is 11.7 Å². The topological polar surface area (TPSA) is 118 Å². The Morgan fingerprint density at radius 2 is 2.28 bits per heavy atom. The Balaban J connectivity index is 3.00. The van der Waals surface area contributed by atoms with Crippen molar-refractivity contribution in [1.82, 2.24) is 0 Å². The number of primary amides is 1. The number of hydrogen-bond acceptors (Lipinski definition) is 5. The van der Waals surface area contributed by atoms with E-state index in [2.05, 4.69) is 5.32 Å². The van der Waals surface area contributed by atoms with Crippen LogP contribution in [0, 0.1) is 16.0 Å². The van der Waals surface area contributed by atoms with Crippen LogP contribution in [-0.4, -0.2) is 29.1 Å². The number of rotatable bonds is 6. The Kier molecular flexibility index (Phi) is 4.61. The number of nitrogens with zero attached hydrogens (tertiary/aromatic N) is 1. The van der Waals surface area contributed by atoms with Crippen LogP contribution >= 0.6 is 0 Å². The average Bonchev–Trinajstić information content (AvgIpc) is 2.35. The van der Waals surface area contributed by atoms with E-state index in [0.717, 1.165) is 0 Å². The Hall–Kier alpha value is -2.15. The fraction of sp³-hybridized carbons (Fsp3) is 0.364. The lowest BCUT2D eigenvalue weighted by atomic mass is 10.1. The maximum Gasteiger partial charge on any atom is 0.292 e. The molecule has 7 nitrogen and oxygen atoms in total. The van der Waals surface area contributed by atoms with Crippen LogP contribution < -0.4 is 11.1 Å². The summed E-state index contributed by atoms with van der Waals surface area (Å²) < 4.78 is 0. The molecule has 0 aliphatic heterocycles. The third-order valence-corrected chi connectivity index (χ3v) is 2.43. The van der Waals surface area contributed by atoms with Gasteiger partial charge in [-0.2, -0.15) is 0 Å². The number of hydrogen-bond donors (Lipinski definition) is 3. The fourth-order valence-electron chi connectivity index (χ4n) is 1.34. The highest BCUT2D eigenvalue weighted by Crippen LogP contribution is 2.25. The van der Waals surface area contributed by atoms with Gasteiger partial charge >= 0.3 is 0 Å². The van der Waals surface area contributed by atoms with Crippen molar-refractivity contribution in [3.8, 4) is 0 Å². The first kappa shape index (κ1) is 13.9. The van der Waals surface area contributed by atoms with Crippen LogP contribution in [0.4, 0.5) is 11.4 Å². The molecule has 18 heavy (non-hydrogen) atoms. The number of amides is 1. The van der Waals surface area contributed by atoms with Gasteiger partial charge in [0.1, 0.15) is 5.69 Å².